The Morgan fingerprint density at radius 3 is 1.42 bits per heavy atom. The molecule has 3 heteroatoms. The summed E-state index contributed by atoms with van der Waals surface area (Å²) in [6.07, 6.45) is 2.63. The fourth-order valence-corrected chi connectivity index (χ4v) is 17.4. The van der Waals surface area contributed by atoms with E-state index in [1.54, 1.807) is 10.4 Å². The van der Waals surface area contributed by atoms with Crippen molar-refractivity contribution in [1.29, 1.82) is 0 Å². The van der Waals surface area contributed by atoms with Gasteiger partial charge >= 0.3 is 0 Å². The van der Waals surface area contributed by atoms with Gasteiger partial charge in [0.1, 0.15) is 8.07 Å². The van der Waals surface area contributed by atoms with Crippen LogP contribution in [0.25, 0.3) is 27.8 Å². The van der Waals surface area contributed by atoms with Gasteiger partial charge < -0.3 is 9.80 Å². The second kappa shape index (κ2) is 12.8. The van der Waals surface area contributed by atoms with Crippen LogP contribution in [0.1, 0.15) is 101 Å². The Morgan fingerprint density at radius 1 is 0.439 bits per heavy atom. The summed E-state index contributed by atoms with van der Waals surface area (Å²) in [5.41, 5.74) is 25.8. The Balaban J connectivity index is 0.940. The van der Waals surface area contributed by atoms with Crippen molar-refractivity contribution in [3.63, 3.8) is 0 Å². The lowest BCUT2D eigenvalue weighted by atomic mass is 9.56. The summed E-state index contributed by atoms with van der Waals surface area (Å²) in [6.45, 7) is 27.4. The Kier molecular flexibility index (Phi) is 7.81. The predicted molar refractivity (Wildman–Crippen MR) is 282 cm³/mol. The molecule has 0 fully saturated rings. The molecule has 0 bridgehead atoms. The summed E-state index contributed by atoms with van der Waals surface area (Å²) in [7, 11) is -2.13. The fraction of sp³-hybridized carbons (Fsp3) is 0.270. The van der Waals surface area contributed by atoms with Crippen LogP contribution in [-0.4, -0.2) is 8.07 Å². The highest BCUT2D eigenvalue weighted by atomic mass is 28.3. The van der Waals surface area contributed by atoms with Crippen LogP contribution in [0.5, 0.6) is 0 Å². The first-order valence-electron chi connectivity index (χ1n) is 24.4. The van der Waals surface area contributed by atoms with Crippen LogP contribution in [-0.2, 0) is 21.7 Å². The number of benzene rings is 7. The molecule has 0 saturated carbocycles. The number of fused-ring (bicyclic) bond motifs is 11. The monoisotopic (exact) mass is 872 g/mol. The number of anilines is 5. The zero-order chi connectivity index (χ0) is 45.6. The lowest BCUT2D eigenvalue weighted by Gasteiger charge is -2.57. The van der Waals surface area contributed by atoms with E-state index < -0.39 is 8.07 Å². The van der Waals surface area contributed by atoms with Crippen LogP contribution in [0.2, 0.25) is 13.1 Å². The maximum absolute atomic E-state index is 2.64. The lowest BCUT2D eigenvalue weighted by Crippen LogP contribution is -2.50. The second-order valence-corrected chi connectivity index (χ2v) is 27.4. The topological polar surface area (TPSA) is 6.48 Å². The highest BCUT2D eigenvalue weighted by Gasteiger charge is 2.54. The maximum Gasteiger partial charge on any atom is 0.113 e. The van der Waals surface area contributed by atoms with Crippen LogP contribution in [0.4, 0.5) is 28.4 Å². The molecule has 326 valence electrons. The molecule has 7 aromatic rings. The van der Waals surface area contributed by atoms with Gasteiger partial charge in [-0.05, 0) is 125 Å². The van der Waals surface area contributed by atoms with Crippen molar-refractivity contribution in [3.05, 3.63) is 202 Å². The molecule has 7 aromatic carbocycles. The Labute approximate surface area is 393 Å². The minimum atomic E-state index is -2.13. The molecule has 5 heterocycles. The van der Waals surface area contributed by atoms with E-state index in [2.05, 4.69) is 237 Å². The van der Waals surface area contributed by atoms with Crippen LogP contribution in [0, 0.1) is 11.8 Å². The average molecular weight is 873 g/mol. The molecule has 66 heavy (non-hydrogen) atoms. The minimum absolute atomic E-state index is 0.0585. The molecule has 0 spiro atoms. The van der Waals surface area contributed by atoms with E-state index in [9.17, 15) is 0 Å². The molecule has 6 aliphatic rings. The molecule has 2 atom stereocenters. The van der Waals surface area contributed by atoms with E-state index in [0.29, 0.717) is 11.8 Å². The zero-order valence-corrected chi connectivity index (χ0v) is 41.5. The normalized spacial score (nSPS) is 21.8. The molecule has 0 saturated heterocycles. The SMILES string of the molecule is CC1C(c2ccc3c(c2)[Si](C)(C)c2cc(-c4cc5c6c(c4)C(C)(C)c4ccccc4N6c4ccccc4C5(C)C)ccc2-3)=CC2=C3C1C(C)(C)c1ccccc1N3c1ccccc1C2(C)C. The lowest BCUT2D eigenvalue weighted by molar-refractivity contribution is 0.287. The Hall–Kier alpha value is -6.16. The van der Waals surface area contributed by atoms with Crippen molar-refractivity contribution >= 4 is 52.5 Å². The van der Waals surface area contributed by atoms with Crippen LogP contribution >= 0.6 is 0 Å². The van der Waals surface area contributed by atoms with Gasteiger partial charge in [-0.2, -0.15) is 0 Å². The van der Waals surface area contributed by atoms with E-state index in [0.717, 1.165) is 0 Å². The smallest absolute Gasteiger partial charge is 0.113 e. The molecule has 0 radical (unpaired) electrons. The molecular formula is C63H60N2Si. The van der Waals surface area contributed by atoms with Gasteiger partial charge in [0.2, 0.25) is 0 Å². The first-order valence-corrected chi connectivity index (χ1v) is 27.4. The molecule has 1 aliphatic carbocycles. The molecule has 0 N–H and O–H groups in total. The summed E-state index contributed by atoms with van der Waals surface area (Å²) < 4.78 is 0. The fourth-order valence-electron chi connectivity index (χ4n) is 14.3. The summed E-state index contributed by atoms with van der Waals surface area (Å²) in [4.78, 5) is 5.21. The van der Waals surface area contributed by atoms with Gasteiger partial charge in [-0.25, -0.2) is 0 Å². The third-order valence-electron chi connectivity index (χ3n) is 17.9. The predicted octanol–water partition coefficient (Wildman–Crippen LogP) is 15.2. The van der Waals surface area contributed by atoms with E-state index >= 15 is 0 Å². The van der Waals surface area contributed by atoms with Crippen molar-refractivity contribution in [2.75, 3.05) is 9.80 Å². The quantitative estimate of drug-likeness (QED) is 0.160. The van der Waals surface area contributed by atoms with Gasteiger partial charge in [0.05, 0.1) is 17.1 Å². The third-order valence-corrected chi connectivity index (χ3v) is 21.4. The molecule has 0 aromatic heterocycles. The van der Waals surface area contributed by atoms with Gasteiger partial charge in [0.25, 0.3) is 0 Å². The van der Waals surface area contributed by atoms with Gasteiger partial charge in [-0.15, -0.1) is 0 Å². The van der Waals surface area contributed by atoms with Crippen LogP contribution in [0.15, 0.2) is 163 Å². The van der Waals surface area contributed by atoms with Crippen molar-refractivity contribution in [3.8, 4) is 22.3 Å². The van der Waals surface area contributed by atoms with E-state index in [-0.39, 0.29) is 21.7 Å². The molecule has 2 unspecified atom stereocenters. The van der Waals surface area contributed by atoms with Crippen LogP contribution < -0.4 is 20.2 Å². The molecule has 2 nitrogen and oxygen atoms in total. The highest BCUT2D eigenvalue weighted by Crippen LogP contribution is 2.64. The number of allylic oxidation sites excluding steroid dienone is 4. The number of hydrogen-bond acceptors (Lipinski definition) is 2. The third kappa shape index (κ3) is 4.87. The first kappa shape index (κ1) is 40.1. The van der Waals surface area contributed by atoms with Gasteiger partial charge in [-0.3, -0.25) is 0 Å². The zero-order valence-electron chi connectivity index (χ0n) is 40.5. The summed E-state index contributed by atoms with van der Waals surface area (Å²) in [5, 5.41) is 3.12. The first-order chi connectivity index (χ1) is 31.4. The largest absolute Gasteiger partial charge is 0.313 e. The van der Waals surface area contributed by atoms with E-state index in [4.69, 9.17) is 0 Å². The molecule has 0 amide bonds. The molecule has 5 aliphatic heterocycles. The molecular weight excluding hydrogens is 813 g/mol. The van der Waals surface area contributed by atoms with Crippen molar-refractivity contribution < 1.29 is 0 Å². The van der Waals surface area contributed by atoms with E-state index in [1.165, 1.54) is 106 Å². The standard InChI is InChI=1S/C63H60N2Si/c1-37-43(36-50-59-57(37)63(8,9)47-23-15-19-27-54(47)65(59)53-26-18-14-22-46(53)62(50,6)7)39-29-31-42-41-30-28-38(34-55(41)66(10,11)56(42)35-39)40-32-48-58-49(33-40)61(4,5)45-21-13-17-25-52(45)64(58)51-24-16-12-20-44(51)60(48,2)3/h12-37,57H,1-11H3. The van der Waals surface area contributed by atoms with Gasteiger partial charge in [-0.1, -0.05) is 191 Å². The Morgan fingerprint density at radius 2 is 0.879 bits per heavy atom. The second-order valence-electron chi connectivity index (χ2n) is 23.1. The van der Waals surface area contributed by atoms with Crippen molar-refractivity contribution in [1.82, 2.24) is 0 Å². The number of rotatable bonds is 2. The highest BCUT2D eigenvalue weighted by molar-refractivity contribution is 7.03. The van der Waals surface area contributed by atoms with E-state index in [1.807, 2.05) is 0 Å². The number of hydrogen-bond donors (Lipinski definition) is 0. The van der Waals surface area contributed by atoms with Crippen molar-refractivity contribution in [2.24, 2.45) is 11.8 Å². The van der Waals surface area contributed by atoms with Crippen molar-refractivity contribution in [2.45, 2.75) is 97.1 Å². The number of nitrogens with zero attached hydrogens (tertiary/aromatic N) is 2. The summed E-state index contributed by atoms with van der Waals surface area (Å²) in [5.74, 6) is 0.640. The Bertz CT molecular complexity index is 3310. The van der Waals surface area contributed by atoms with Gasteiger partial charge in [0, 0.05) is 44.6 Å². The molecule has 13 rings (SSSR count). The van der Waals surface area contributed by atoms with Gasteiger partial charge in [0.15, 0.2) is 0 Å². The van der Waals surface area contributed by atoms with Crippen LogP contribution in [0.3, 0.4) is 0 Å². The average Bonchev–Trinajstić information content (AvgIpc) is 3.53. The summed E-state index contributed by atoms with van der Waals surface area (Å²) >= 11 is 0. The number of para-hydroxylation sites is 4. The maximum atomic E-state index is 2.64. The summed E-state index contributed by atoms with van der Waals surface area (Å²) in [6, 6.07) is 56.7. The minimum Gasteiger partial charge on any atom is -0.313 e.